The second-order valence-corrected chi connectivity index (χ2v) is 13.5. The first-order chi connectivity index (χ1) is 19.9. The Labute approximate surface area is 243 Å². The number of hydrogen-bond donors (Lipinski definition) is 12. The molecular weight excluding hydrogens is 556 g/mol. The average Bonchev–Trinajstić information content (AvgIpc) is 2.95. The maximum atomic E-state index is 11.0. The molecule has 0 aromatic heterocycles. The molecule has 16 nitrogen and oxygen atoms in total. The van der Waals surface area contributed by atoms with Crippen molar-refractivity contribution in [2.45, 2.75) is 113 Å². The van der Waals surface area contributed by atoms with Crippen molar-refractivity contribution in [1.82, 2.24) is 10.6 Å². The molecule has 6 rings (SSSR count). The average molecular weight is 605 g/mol. The van der Waals surface area contributed by atoms with E-state index in [2.05, 4.69) is 10.6 Å². The van der Waals surface area contributed by atoms with Crippen molar-refractivity contribution in [2.75, 3.05) is 0 Å². The molecule has 6 fully saturated rings. The molecule has 16 heteroatoms. The van der Waals surface area contributed by atoms with Crippen LogP contribution in [0.5, 0.6) is 0 Å². The third kappa shape index (κ3) is 5.75. The van der Waals surface area contributed by atoms with E-state index in [0.29, 0.717) is 38.5 Å². The number of piperidine rings is 2. The quantitative estimate of drug-likeness (QED) is 0.0739. The zero-order valence-corrected chi connectivity index (χ0v) is 23.4. The molecule has 16 N–H and O–H groups in total. The van der Waals surface area contributed by atoms with E-state index >= 15 is 0 Å². The van der Waals surface area contributed by atoms with E-state index in [1.54, 1.807) is 0 Å². The van der Waals surface area contributed by atoms with Gasteiger partial charge in [-0.25, -0.2) is 9.78 Å². The van der Waals surface area contributed by atoms with Crippen molar-refractivity contribution in [3.8, 4) is 0 Å². The van der Waals surface area contributed by atoms with Gasteiger partial charge in [0, 0.05) is 29.6 Å². The molecule has 0 amide bonds. The van der Waals surface area contributed by atoms with Gasteiger partial charge in [-0.15, -0.1) is 0 Å². The van der Waals surface area contributed by atoms with Crippen LogP contribution in [-0.4, -0.2) is 105 Å². The maximum Gasteiger partial charge on any atom is 0.204 e. The lowest BCUT2D eigenvalue weighted by Crippen LogP contribution is -2.76. The topological polar surface area (TPSA) is 286 Å². The van der Waals surface area contributed by atoms with Gasteiger partial charge in [0.25, 0.3) is 0 Å². The minimum atomic E-state index is -1.59. The first-order valence-corrected chi connectivity index (χ1v) is 15.2. The number of aliphatic hydroxyl groups is 6. The molecule has 0 bridgehead atoms. The number of nitrogens with two attached hydrogens (primary N) is 4. The van der Waals surface area contributed by atoms with Crippen LogP contribution in [0, 0.1) is 47.3 Å². The van der Waals surface area contributed by atoms with Gasteiger partial charge in [0.05, 0.1) is 24.2 Å². The molecule has 0 aromatic rings. The minimum absolute atomic E-state index is 0.0299. The summed E-state index contributed by atoms with van der Waals surface area (Å²) in [5.41, 5.74) is 25.0. The van der Waals surface area contributed by atoms with Gasteiger partial charge in [0.2, 0.25) is 6.29 Å². The highest BCUT2D eigenvalue weighted by molar-refractivity contribution is 5.08. The molecule has 0 radical (unpaired) electrons. The Morgan fingerprint density at radius 3 is 1.67 bits per heavy atom. The molecule has 4 aliphatic heterocycles. The van der Waals surface area contributed by atoms with E-state index in [0.717, 1.165) is 0 Å². The molecular formula is C26H48N6O10. The first kappa shape index (κ1) is 31.3. The summed E-state index contributed by atoms with van der Waals surface area (Å²) in [5.74, 6) is -0.901. The Kier molecular flexibility index (Phi) is 9.16. The van der Waals surface area contributed by atoms with E-state index in [9.17, 15) is 30.6 Å². The molecule has 0 spiro atoms. The molecule has 4 saturated heterocycles. The normalized spacial score (nSPS) is 52.0. The Morgan fingerprint density at radius 1 is 0.548 bits per heavy atom. The van der Waals surface area contributed by atoms with Crippen LogP contribution in [0.15, 0.2) is 0 Å². The molecule has 4 heterocycles. The van der Waals surface area contributed by atoms with Crippen molar-refractivity contribution in [3.63, 3.8) is 0 Å². The summed E-state index contributed by atoms with van der Waals surface area (Å²) in [6.07, 6.45) is -5.65. The summed E-state index contributed by atoms with van der Waals surface area (Å²) in [4.78, 5) is 10.7. The zero-order valence-electron chi connectivity index (χ0n) is 23.4. The predicted octanol–water partition coefficient (Wildman–Crippen LogP) is -4.63. The summed E-state index contributed by atoms with van der Waals surface area (Å²) in [6.45, 7) is 0. The maximum absolute atomic E-state index is 11.0. The van der Waals surface area contributed by atoms with Crippen molar-refractivity contribution < 1.29 is 49.9 Å². The van der Waals surface area contributed by atoms with E-state index in [1.807, 2.05) is 0 Å². The predicted molar refractivity (Wildman–Crippen MR) is 142 cm³/mol. The fraction of sp³-hybridized carbons (Fsp3) is 1.00. The largest absolute Gasteiger partial charge is 0.368 e. The molecule has 6 aliphatic rings. The first-order valence-electron chi connectivity index (χ1n) is 15.2. The van der Waals surface area contributed by atoms with Gasteiger partial charge in [-0.2, -0.15) is 0 Å². The smallest absolute Gasteiger partial charge is 0.204 e. The van der Waals surface area contributed by atoms with Crippen molar-refractivity contribution in [1.29, 1.82) is 0 Å². The van der Waals surface area contributed by atoms with Gasteiger partial charge >= 0.3 is 0 Å². The van der Waals surface area contributed by atoms with Crippen LogP contribution in [-0.2, 0) is 19.2 Å². The standard InChI is InChI=1S/C26H48N6O10/c27-19-11-3-9(23(33)34)1-7-2-10(4-12(15(7)11)20(28)39-19)25(37)41-42-26(38)14-6-8-5-13(24(35)36)31-17-16(8)18(32-14)22(30)40-21(17)29/h7-26,31-38H,1-6,27-30H2. The molecule has 242 valence electrons. The van der Waals surface area contributed by atoms with Crippen LogP contribution in [0.4, 0.5) is 0 Å². The molecule has 2 saturated carbocycles. The second kappa shape index (κ2) is 12.3. The zero-order chi connectivity index (χ0) is 30.0. The van der Waals surface area contributed by atoms with Gasteiger partial charge in [-0.05, 0) is 56.3 Å². The highest BCUT2D eigenvalue weighted by atomic mass is 17.2. The third-order valence-electron chi connectivity index (χ3n) is 11.2. The van der Waals surface area contributed by atoms with Crippen LogP contribution in [0.1, 0.15) is 38.5 Å². The van der Waals surface area contributed by atoms with Crippen LogP contribution >= 0.6 is 0 Å². The van der Waals surface area contributed by atoms with Gasteiger partial charge in [-0.1, -0.05) is 0 Å². The van der Waals surface area contributed by atoms with Crippen LogP contribution in [0.3, 0.4) is 0 Å². The Hall–Kier alpha value is -0.640. The number of hydrogen-bond acceptors (Lipinski definition) is 16. The van der Waals surface area contributed by atoms with Gasteiger partial charge in [0.1, 0.15) is 24.9 Å². The molecule has 18 unspecified atom stereocenters. The van der Waals surface area contributed by atoms with E-state index in [4.69, 9.17) is 42.2 Å². The molecule has 0 aromatic carbocycles. The lowest BCUT2D eigenvalue weighted by molar-refractivity contribution is -0.439. The summed E-state index contributed by atoms with van der Waals surface area (Å²) >= 11 is 0. The SMILES string of the molecule is NC1OC(N)C2CC(C(O)OOC(O)C3CC4CC(C(O)O)NC5C(N)OC(N)C(N3)C45)CC3CC(C(O)O)CC1C32. The lowest BCUT2D eigenvalue weighted by Gasteiger charge is -2.57. The number of aliphatic hydroxyl groups excluding tert-OH is 4. The van der Waals surface area contributed by atoms with E-state index in [1.165, 1.54) is 0 Å². The van der Waals surface area contributed by atoms with Gasteiger partial charge < -0.3 is 73.7 Å². The van der Waals surface area contributed by atoms with Crippen molar-refractivity contribution in [3.05, 3.63) is 0 Å². The summed E-state index contributed by atoms with van der Waals surface area (Å²) in [7, 11) is 0. The van der Waals surface area contributed by atoms with Gasteiger partial charge in [0.15, 0.2) is 18.9 Å². The number of ether oxygens (including phenoxy) is 2. The Balaban J connectivity index is 1.09. The van der Waals surface area contributed by atoms with Gasteiger partial charge in [-0.3, -0.25) is 0 Å². The molecule has 2 aliphatic carbocycles. The molecule has 42 heavy (non-hydrogen) atoms. The lowest BCUT2D eigenvalue weighted by atomic mass is 9.54. The Morgan fingerprint density at radius 2 is 1.05 bits per heavy atom. The van der Waals surface area contributed by atoms with E-state index < -0.39 is 74.1 Å². The Bertz CT molecular complexity index is 868. The van der Waals surface area contributed by atoms with Crippen LogP contribution < -0.4 is 33.6 Å². The van der Waals surface area contributed by atoms with Crippen molar-refractivity contribution >= 4 is 0 Å². The summed E-state index contributed by atoms with van der Waals surface area (Å²) in [6, 6.07) is -2.03. The highest BCUT2D eigenvalue weighted by Gasteiger charge is 2.56. The number of nitrogens with one attached hydrogen (secondary N) is 2. The van der Waals surface area contributed by atoms with Crippen molar-refractivity contribution in [2.24, 2.45) is 70.3 Å². The van der Waals surface area contributed by atoms with Crippen LogP contribution in [0.25, 0.3) is 0 Å². The summed E-state index contributed by atoms with van der Waals surface area (Å²) in [5, 5.41) is 68.0. The molecule has 18 atom stereocenters. The number of rotatable bonds is 7. The minimum Gasteiger partial charge on any atom is -0.368 e. The highest BCUT2D eigenvalue weighted by Crippen LogP contribution is 2.55. The fourth-order valence-corrected chi connectivity index (χ4v) is 9.35. The third-order valence-corrected chi connectivity index (χ3v) is 11.2. The fourth-order valence-electron chi connectivity index (χ4n) is 9.35. The second-order valence-electron chi connectivity index (χ2n) is 13.5. The van der Waals surface area contributed by atoms with Crippen LogP contribution in [0.2, 0.25) is 0 Å². The summed E-state index contributed by atoms with van der Waals surface area (Å²) < 4.78 is 11.5. The monoisotopic (exact) mass is 604 g/mol. The van der Waals surface area contributed by atoms with E-state index in [-0.39, 0.29) is 47.5 Å².